The Labute approximate surface area is 114 Å². The fourth-order valence-electron chi connectivity index (χ4n) is 1.90. The molecule has 0 fully saturated rings. The summed E-state index contributed by atoms with van der Waals surface area (Å²) in [7, 11) is 0. The maximum atomic E-state index is 11.1. The molecule has 0 bridgehead atoms. The Hall–Kier alpha value is -1.65. The summed E-state index contributed by atoms with van der Waals surface area (Å²) in [5.74, 6) is -0.527. The second kappa shape index (κ2) is 6.50. The molecule has 0 aromatic heterocycles. The summed E-state index contributed by atoms with van der Waals surface area (Å²) in [6, 6.07) is 7.75. The average molecular weight is 263 g/mol. The van der Waals surface area contributed by atoms with E-state index in [9.17, 15) is 9.90 Å². The van der Waals surface area contributed by atoms with E-state index < -0.39 is 17.6 Å². The minimum absolute atomic E-state index is 0.423. The first-order valence-corrected chi connectivity index (χ1v) is 6.23. The van der Waals surface area contributed by atoms with E-state index in [0.29, 0.717) is 6.42 Å². The average Bonchev–Trinajstić information content (AvgIpc) is 2.35. The van der Waals surface area contributed by atoms with Gasteiger partial charge in [-0.1, -0.05) is 30.8 Å². The Morgan fingerprint density at radius 1 is 1.53 bits per heavy atom. The largest absolute Gasteiger partial charge is 0.393 e. The van der Waals surface area contributed by atoms with Gasteiger partial charge < -0.3 is 9.94 Å². The van der Waals surface area contributed by atoms with Crippen molar-refractivity contribution in [2.24, 2.45) is 0 Å². The lowest BCUT2D eigenvalue weighted by Crippen LogP contribution is -2.38. The molecular weight excluding hydrogens is 242 g/mol. The molecule has 2 N–H and O–H groups in total. The van der Waals surface area contributed by atoms with E-state index in [1.54, 1.807) is 6.92 Å². The number of nitrogens with one attached hydrogen (secondary N) is 1. The molecule has 0 amide bonds. The van der Waals surface area contributed by atoms with Crippen molar-refractivity contribution >= 4 is 5.97 Å². The molecule has 0 aliphatic heterocycles. The van der Waals surface area contributed by atoms with Crippen LogP contribution < -0.4 is 5.48 Å². The van der Waals surface area contributed by atoms with Gasteiger partial charge in [-0.3, -0.25) is 0 Å². The van der Waals surface area contributed by atoms with Crippen molar-refractivity contribution < 1.29 is 14.7 Å². The third-order valence-electron chi connectivity index (χ3n) is 2.78. The molecule has 1 atom stereocenters. The van der Waals surface area contributed by atoms with Gasteiger partial charge in [0, 0.05) is 6.08 Å². The second-order valence-electron chi connectivity index (χ2n) is 5.06. The highest BCUT2D eigenvalue weighted by molar-refractivity contribution is 5.80. The van der Waals surface area contributed by atoms with E-state index in [0.717, 1.165) is 17.2 Å². The first-order chi connectivity index (χ1) is 8.86. The number of aliphatic hydroxyl groups is 1. The number of carbonyl (C=O) groups excluding carboxylic acids is 1. The van der Waals surface area contributed by atoms with Gasteiger partial charge in [-0.2, -0.15) is 0 Å². The predicted octanol–water partition coefficient (Wildman–Crippen LogP) is 2.08. The molecule has 19 heavy (non-hydrogen) atoms. The molecule has 1 rings (SSSR count). The predicted molar refractivity (Wildman–Crippen MR) is 74.3 cm³/mol. The van der Waals surface area contributed by atoms with Crippen molar-refractivity contribution in [2.75, 3.05) is 0 Å². The summed E-state index contributed by atoms with van der Waals surface area (Å²) in [5, 5.41) is 9.53. The van der Waals surface area contributed by atoms with Gasteiger partial charge in [0.05, 0.1) is 11.6 Å². The maximum absolute atomic E-state index is 11.1. The smallest absolute Gasteiger partial charge is 0.348 e. The number of carbonyl (C=O) groups is 1. The van der Waals surface area contributed by atoms with Gasteiger partial charge in [-0.15, -0.1) is 5.48 Å². The van der Waals surface area contributed by atoms with Crippen LogP contribution in [0.2, 0.25) is 0 Å². The van der Waals surface area contributed by atoms with Gasteiger partial charge in [0.25, 0.3) is 0 Å². The lowest BCUT2D eigenvalue weighted by molar-refractivity contribution is -0.149. The molecule has 0 saturated heterocycles. The molecule has 1 aromatic carbocycles. The lowest BCUT2D eigenvalue weighted by Gasteiger charge is -2.28. The van der Waals surface area contributed by atoms with Crippen LogP contribution in [0, 0.1) is 0 Å². The Kier molecular flexibility index (Phi) is 5.27. The number of hydrogen-bond donors (Lipinski definition) is 2. The van der Waals surface area contributed by atoms with Gasteiger partial charge in [0.15, 0.2) is 0 Å². The molecular formula is C15H21NO3. The second-order valence-corrected chi connectivity index (χ2v) is 5.06. The molecule has 1 aromatic rings. The minimum atomic E-state index is -0.551. The maximum Gasteiger partial charge on any atom is 0.348 e. The molecule has 4 heteroatoms. The highest BCUT2D eigenvalue weighted by Gasteiger charge is 2.25. The van der Waals surface area contributed by atoms with Gasteiger partial charge in [0.1, 0.15) is 0 Å². The summed E-state index contributed by atoms with van der Waals surface area (Å²) >= 11 is 0. The Morgan fingerprint density at radius 3 is 2.74 bits per heavy atom. The van der Waals surface area contributed by atoms with Gasteiger partial charge in [0.2, 0.25) is 0 Å². The quantitative estimate of drug-likeness (QED) is 0.609. The summed E-state index contributed by atoms with van der Waals surface area (Å²) in [5.41, 5.74) is 4.18. The van der Waals surface area contributed by atoms with Crippen LogP contribution in [0.3, 0.4) is 0 Å². The van der Waals surface area contributed by atoms with Crippen LogP contribution >= 0.6 is 0 Å². The van der Waals surface area contributed by atoms with Crippen LogP contribution in [-0.2, 0) is 21.6 Å². The number of hydroxylamine groups is 1. The van der Waals surface area contributed by atoms with Crippen LogP contribution in [0.25, 0.3) is 0 Å². The number of hydrogen-bond acceptors (Lipinski definition) is 4. The van der Waals surface area contributed by atoms with Gasteiger partial charge in [-0.05, 0) is 38.3 Å². The lowest BCUT2D eigenvalue weighted by atomic mass is 9.88. The fourth-order valence-corrected chi connectivity index (χ4v) is 1.90. The highest BCUT2D eigenvalue weighted by atomic mass is 16.7. The first kappa shape index (κ1) is 15.4. The Morgan fingerprint density at radius 2 is 2.16 bits per heavy atom. The Balaban J connectivity index is 2.93. The normalized spacial score (nSPS) is 12.8. The SMILES string of the molecule is C=CC(=O)ONC(C)(C)c1ccccc1CC(C)O. The summed E-state index contributed by atoms with van der Waals surface area (Å²) in [4.78, 5) is 16.0. The zero-order valence-corrected chi connectivity index (χ0v) is 11.6. The molecule has 0 aliphatic rings. The first-order valence-electron chi connectivity index (χ1n) is 6.23. The molecule has 1 unspecified atom stereocenters. The van der Waals surface area contributed by atoms with Gasteiger partial charge >= 0.3 is 5.97 Å². The van der Waals surface area contributed by atoms with Crippen molar-refractivity contribution in [1.29, 1.82) is 0 Å². The molecule has 0 heterocycles. The highest BCUT2D eigenvalue weighted by Crippen LogP contribution is 2.25. The minimum Gasteiger partial charge on any atom is -0.393 e. The van der Waals surface area contributed by atoms with E-state index in [1.165, 1.54) is 0 Å². The molecule has 0 radical (unpaired) electrons. The molecule has 104 valence electrons. The van der Waals surface area contributed by atoms with E-state index in [4.69, 9.17) is 4.84 Å². The van der Waals surface area contributed by atoms with Crippen molar-refractivity contribution in [2.45, 2.75) is 38.8 Å². The fraction of sp³-hybridized carbons (Fsp3) is 0.400. The number of rotatable bonds is 6. The van der Waals surface area contributed by atoms with Crippen LogP contribution in [0.1, 0.15) is 31.9 Å². The molecule has 4 nitrogen and oxygen atoms in total. The van der Waals surface area contributed by atoms with E-state index in [-0.39, 0.29) is 0 Å². The van der Waals surface area contributed by atoms with Crippen LogP contribution in [-0.4, -0.2) is 17.2 Å². The third-order valence-corrected chi connectivity index (χ3v) is 2.78. The number of benzene rings is 1. The van der Waals surface area contributed by atoms with Crippen molar-refractivity contribution in [3.05, 3.63) is 48.0 Å². The standard InChI is InChI=1S/C15H21NO3/c1-5-14(18)19-16-15(3,4)13-9-7-6-8-12(13)10-11(2)17/h5-9,11,16-17H,1,10H2,2-4H3. The van der Waals surface area contributed by atoms with Crippen molar-refractivity contribution in [3.63, 3.8) is 0 Å². The van der Waals surface area contributed by atoms with E-state index >= 15 is 0 Å². The van der Waals surface area contributed by atoms with Crippen LogP contribution in [0.5, 0.6) is 0 Å². The van der Waals surface area contributed by atoms with E-state index in [1.807, 2.05) is 38.1 Å². The van der Waals surface area contributed by atoms with Crippen LogP contribution in [0.4, 0.5) is 0 Å². The van der Waals surface area contributed by atoms with E-state index in [2.05, 4.69) is 12.1 Å². The van der Waals surface area contributed by atoms with Crippen molar-refractivity contribution in [1.82, 2.24) is 5.48 Å². The topological polar surface area (TPSA) is 58.6 Å². The molecule has 0 aliphatic carbocycles. The summed E-state index contributed by atoms with van der Waals surface area (Å²) < 4.78 is 0. The van der Waals surface area contributed by atoms with Crippen molar-refractivity contribution in [3.8, 4) is 0 Å². The zero-order valence-electron chi connectivity index (χ0n) is 11.6. The number of aliphatic hydroxyl groups excluding tert-OH is 1. The molecule has 0 spiro atoms. The summed E-state index contributed by atoms with van der Waals surface area (Å²) in [6.07, 6.45) is 1.23. The third kappa shape index (κ3) is 4.50. The van der Waals surface area contributed by atoms with Gasteiger partial charge in [-0.25, -0.2) is 4.79 Å². The molecule has 0 saturated carbocycles. The summed E-state index contributed by atoms with van der Waals surface area (Å²) in [6.45, 7) is 8.90. The zero-order chi connectivity index (χ0) is 14.5. The van der Waals surface area contributed by atoms with Crippen LogP contribution in [0.15, 0.2) is 36.9 Å². The monoisotopic (exact) mass is 263 g/mol. The Bertz CT molecular complexity index is 452.